The minimum absolute atomic E-state index is 0.0201. The van der Waals surface area contributed by atoms with Gasteiger partial charge in [-0.2, -0.15) is 0 Å². The zero-order valence-electron chi connectivity index (χ0n) is 7.16. The van der Waals surface area contributed by atoms with Crippen LogP contribution < -0.4 is 11.5 Å². The molecule has 1 aromatic rings. The summed E-state index contributed by atoms with van der Waals surface area (Å²) in [5, 5.41) is 0.424. The average Bonchev–Trinajstić information content (AvgIpc) is 2.60. The number of nitrogens with zero attached hydrogens (tertiary/aromatic N) is 1. The van der Waals surface area contributed by atoms with Crippen molar-refractivity contribution in [3.63, 3.8) is 0 Å². The Kier molecular flexibility index (Phi) is 2.00. The number of hydrogen-bond donors (Lipinski definition) is 2. The highest BCUT2D eigenvalue weighted by Crippen LogP contribution is 2.44. The van der Waals surface area contributed by atoms with E-state index in [9.17, 15) is 4.39 Å². The summed E-state index contributed by atoms with van der Waals surface area (Å²) < 4.78 is 14.1. The first-order valence-corrected chi connectivity index (χ1v) is 5.08. The molecule has 1 fully saturated rings. The molecule has 0 radical (unpaired) electrons. The second-order valence-electron chi connectivity index (χ2n) is 3.53. The maximum atomic E-state index is 14.1. The van der Waals surface area contributed by atoms with Crippen LogP contribution in [0.2, 0.25) is 0 Å². The van der Waals surface area contributed by atoms with E-state index in [0.717, 1.165) is 6.42 Å². The molecule has 13 heavy (non-hydrogen) atoms. The molecule has 4 N–H and O–H groups in total. The molecule has 72 valence electrons. The molecule has 1 aliphatic carbocycles. The Balaban J connectivity index is 2.25. The van der Waals surface area contributed by atoms with E-state index in [-0.39, 0.29) is 6.04 Å². The van der Waals surface area contributed by atoms with Gasteiger partial charge in [-0.1, -0.05) is 11.3 Å². The minimum Gasteiger partial charge on any atom is -0.375 e. The molecule has 0 aromatic carbocycles. The molecule has 2 rings (SSSR count). The van der Waals surface area contributed by atoms with Crippen LogP contribution in [0.5, 0.6) is 0 Å². The standard InChI is InChI=1S/C8H12FN3S/c9-8(2-1-5(10)3-8)6-4-12-7(11)13-6/h4-5H,1-3,10H2,(H2,11,12). The Bertz CT molecular complexity index is 314. The number of aromatic nitrogens is 1. The zero-order valence-corrected chi connectivity index (χ0v) is 7.98. The first-order chi connectivity index (χ1) is 6.10. The van der Waals surface area contributed by atoms with Crippen LogP contribution >= 0.6 is 11.3 Å². The number of rotatable bonds is 1. The van der Waals surface area contributed by atoms with E-state index in [4.69, 9.17) is 11.5 Å². The van der Waals surface area contributed by atoms with E-state index in [1.807, 2.05) is 0 Å². The molecular weight excluding hydrogens is 189 g/mol. The SMILES string of the molecule is Nc1ncc(C2(F)CCC(N)C2)s1. The van der Waals surface area contributed by atoms with Crippen molar-refractivity contribution in [2.24, 2.45) is 5.73 Å². The van der Waals surface area contributed by atoms with Crippen LogP contribution in [0.3, 0.4) is 0 Å². The van der Waals surface area contributed by atoms with Gasteiger partial charge in [-0.25, -0.2) is 9.37 Å². The molecular formula is C8H12FN3S. The summed E-state index contributed by atoms with van der Waals surface area (Å²) in [6.45, 7) is 0. The lowest BCUT2D eigenvalue weighted by Crippen LogP contribution is -2.20. The minimum atomic E-state index is -1.27. The molecule has 1 saturated carbocycles. The van der Waals surface area contributed by atoms with Crippen molar-refractivity contribution in [2.45, 2.75) is 31.0 Å². The molecule has 0 aliphatic heterocycles. The van der Waals surface area contributed by atoms with Crippen LogP contribution in [0.4, 0.5) is 9.52 Å². The Morgan fingerprint density at radius 3 is 2.92 bits per heavy atom. The lowest BCUT2D eigenvalue weighted by atomic mass is 10.0. The Morgan fingerprint density at radius 1 is 1.69 bits per heavy atom. The van der Waals surface area contributed by atoms with Gasteiger partial charge in [0.05, 0.1) is 4.88 Å². The van der Waals surface area contributed by atoms with Crippen LogP contribution in [0, 0.1) is 0 Å². The van der Waals surface area contributed by atoms with Gasteiger partial charge >= 0.3 is 0 Å². The molecule has 2 unspecified atom stereocenters. The third kappa shape index (κ3) is 1.53. The van der Waals surface area contributed by atoms with Crippen molar-refractivity contribution in [3.8, 4) is 0 Å². The van der Waals surface area contributed by atoms with Gasteiger partial charge in [0.15, 0.2) is 5.13 Å². The van der Waals surface area contributed by atoms with Gasteiger partial charge in [0.1, 0.15) is 5.67 Å². The van der Waals surface area contributed by atoms with Gasteiger partial charge in [-0.15, -0.1) is 0 Å². The molecule has 1 aliphatic rings. The molecule has 0 spiro atoms. The van der Waals surface area contributed by atoms with Crippen LogP contribution in [0.15, 0.2) is 6.20 Å². The molecule has 0 bridgehead atoms. The second-order valence-corrected chi connectivity index (χ2v) is 4.59. The van der Waals surface area contributed by atoms with E-state index >= 15 is 0 Å². The van der Waals surface area contributed by atoms with E-state index in [1.54, 1.807) is 0 Å². The third-order valence-electron chi connectivity index (χ3n) is 2.46. The Morgan fingerprint density at radius 2 is 2.46 bits per heavy atom. The Labute approximate surface area is 80.0 Å². The van der Waals surface area contributed by atoms with Gasteiger partial charge < -0.3 is 11.5 Å². The maximum Gasteiger partial charge on any atom is 0.180 e. The number of nitrogen functional groups attached to an aromatic ring is 1. The predicted octanol–water partition coefficient (Wildman–Crippen LogP) is 1.40. The average molecular weight is 201 g/mol. The van der Waals surface area contributed by atoms with Crippen LogP contribution in [-0.4, -0.2) is 11.0 Å². The van der Waals surface area contributed by atoms with Crippen molar-refractivity contribution < 1.29 is 4.39 Å². The number of halogens is 1. The van der Waals surface area contributed by atoms with Crippen molar-refractivity contribution in [1.82, 2.24) is 4.98 Å². The number of nitrogens with two attached hydrogens (primary N) is 2. The van der Waals surface area contributed by atoms with Crippen LogP contribution in [-0.2, 0) is 5.67 Å². The van der Waals surface area contributed by atoms with Gasteiger partial charge in [-0.3, -0.25) is 0 Å². The lowest BCUT2D eigenvalue weighted by molar-refractivity contribution is 0.177. The van der Waals surface area contributed by atoms with E-state index in [1.165, 1.54) is 17.5 Å². The first kappa shape index (κ1) is 8.90. The fraction of sp³-hybridized carbons (Fsp3) is 0.625. The van der Waals surface area contributed by atoms with Gasteiger partial charge in [0.2, 0.25) is 0 Å². The highest BCUT2D eigenvalue weighted by atomic mass is 32.1. The summed E-state index contributed by atoms with van der Waals surface area (Å²) in [6.07, 6.45) is 3.16. The summed E-state index contributed by atoms with van der Waals surface area (Å²) in [5.74, 6) is 0. The summed E-state index contributed by atoms with van der Waals surface area (Å²) >= 11 is 1.22. The summed E-state index contributed by atoms with van der Waals surface area (Å²) in [5.41, 5.74) is 9.85. The van der Waals surface area contributed by atoms with Gasteiger partial charge in [0.25, 0.3) is 0 Å². The molecule has 1 heterocycles. The summed E-state index contributed by atoms with van der Waals surface area (Å²) in [7, 11) is 0. The van der Waals surface area contributed by atoms with Crippen LogP contribution in [0.1, 0.15) is 24.1 Å². The molecule has 0 saturated heterocycles. The topological polar surface area (TPSA) is 64.9 Å². The quantitative estimate of drug-likeness (QED) is 0.721. The van der Waals surface area contributed by atoms with E-state index < -0.39 is 5.67 Å². The molecule has 5 heteroatoms. The largest absolute Gasteiger partial charge is 0.375 e. The van der Waals surface area contributed by atoms with E-state index in [2.05, 4.69) is 4.98 Å². The second kappa shape index (κ2) is 2.92. The predicted molar refractivity (Wildman–Crippen MR) is 51.1 cm³/mol. The number of alkyl halides is 1. The Hall–Kier alpha value is -0.680. The summed E-state index contributed by atoms with van der Waals surface area (Å²) in [6, 6.07) is -0.0201. The lowest BCUT2D eigenvalue weighted by Gasteiger charge is -2.16. The highest BCUT2D eigenvalue weighted by molar-refractivity contribution is 7.15. The van der Waals surface area contributed by atoms with Gasteiger partial charge in [-0.05, 0) is 12.8 Å². The zero-order chi connectivity index (χ0) is 9.47. The third-order valence-corrected chi connectivity index (χ3v) is 3.47. The monoisotopic (exact) mass is 201 g/mol. The fourth-order valence-corrected chi connectivity index (χ4v) is 2.56. The normalized spacial score (nSPS) is 33.8. The number of hydrogen-bond acceptors (Lipinski definition) is 4. The van der Waals surface area contributed by atoms with Crippen molar-refractivity contribution in [3.05, 3.63) is 11.1 Å². The first-order valence-electron chi connectivity index (χ1n) is 4.26. The fourth-order valence-electron chi connectivity index (χ4n) is 1.75. The number of anilines is 1. The van der Waals surface area contributed by atoms with Crippen molar-refractivity contribution in [1.29, 1.82) is 0 Å². The maximum absolute atomic E-state index is 14.1. The van der Waals surface area contributed by atoms with Crippen LogP contribution in [0.25, 0.3) is 0 Å². The molecule has 2 atom stereocenters. The molecule has 3 nitrogen and oxygen atoms in total. The molecule has 0 amide bonds. The smallest absolute Gasteiger partial charge is 0.180 e. The highest BCUT2D eigenvalue weighted by Gasteiger charge is 2.41. The van der Waals surface area contributed by atoms with Gasteiger partial charge in [0, 0.05) is 18.7 Å². The van der Waals surface area contributed by atoms with Crippen molar-refractivity contribution in [2.75, 3.05) is 5.73 Å². The number of thiazole rings is 1. The molecule has 1 aromatic heterocycles. The van der Waals surface area contributed by atoms with E-state index in [0.29, 0.717) is 22.9 Å². The van der Waals surface area contributed by atoms with Crippen molar-refractivity contribution >= 4 is 16.5 Å². The summed E-state index contributed by atoms with van der Waals surface area (Å²) in [4.78, 5) is 4.47.